The average molecular weight is 283 g/mol. The summed E-state index contributed by atoms with van der Waals surface area (Å²) < 4.78 is 6.61. The third kappa shape index (κ3) is 2.40. The molecule has 0 aliphatic carbocycles. The number of aryl methyl sites for hydroxylation is 1. The molecule has 0 aliphatic heterocycles. The summed E-state index contributed by atoms with van der Waals surface area (Å²) in [6, 6.07) is 7.10. The van der Waals surface area contributed by atoms with Gasteiger partial charge in [0.25, 0.3) is 11.7 Å². The van der Waals surface area contributed by atoms with Gasteiger partial charge in [-0.05, 0) is 31.2 Å². The van der Waals surface area contributed by atoms with Crippen LogP contribution >= 0.6 is 0 Å². The number of aromatic nitrogens is 4. The van der Waals surface area contributed by atoms with E-state index in [1.807, 2.05) is 0 Å². The number of anilines is 1. The van der Waals surface area contributed by atoms with Gasteiger partial charge < -0.3 is 10.1 Å². The minimum atomic E-state index is -0.248. The number of amides is 1. The Morgan fingerprint density at radius 3 is 2.71 bits per heavy atom. The molecule has 1 aromatic carbocycles. The van der Waals surface area contributed by atoms with Gasteiger partial charge in [-0.25, -0.2) is 9.50 Å². The Morgan fingerprint density at radius 2 is 2.00 bits per heavy atom. The van der Waals surface area contributed by atoms with E-state index in [1.54, 1.807) is 38.3 Å². The molecule has 0 aliphatic rings. The van der Waals surface area contributed by atoms with Gasteiger partial charge in [0, 0.05) is 11.9 Å². The number of nitrogens with zero attached hydrogens (tertiary/aromatic N) is 4. The molecule has 106 valence electrons. The smallest absolute Gasteiger partial charge is 0.259 e. The molecule has 0 spiro atoms. The molecule has 0 unspecified atom stereocenters. The molecule has 0 bridgehead atoms. The van der Waals surface area contributed by atoms with Crippen molar-refractivity contribution in [1.82, 2.24) is 19.6 Å². The Balaban J connectivity index is 1.87. The number of fused-ring (bicyclic) bond motifs is 1. The van der Waals surface area contributed by atoms with Gasteiger partial charge in [-0.15, -0.1) is 0 Å². The van der Waals surface area contributed by atoms with Crippen molar-refractivity contribution >= 4 is 17.4 Å². The van der Waals surface area contributed by atoms with E-state index < -0.39 is 0 Å². The first kappa shape index (κ1) is 13.0. The summed E-state index contributed by atoms with van der Waals surface area (Å²) in [6.07, 6.45) is 2.90. The third-order valence-electron chi connectivity index (χ3n) is 3.14. The lowest BCUT2D eigenvalue weighted by Gasteiger charge is -2.08. The Bertz CT molecular complexity index is 795. The number of methoxy groups -OCH3 is 1. The Kier molecular flexibility index (Phi) is 3.23. The molecule has 1 N–H and O–H groups in total. The van der Waals surface area contributed by atoms with Gasteiger partial charge in [-0.1, -0.05) is 0 Å². The van der Waals surface area contributed by atoms with Gasteiger partial charge in [0.05, 0.1) is 18.4 Å². The van der Waals surface area contributed by atoms with Gasteiger partial charge >= 0.3 is 0 Å². The van der Waals surface area contributed by atoms with E-state index in [-0.39, 0.29) is 5.91 Å². The summed E-state index contributed by atoms with van der Waals surface area (Å²) in [6.45, 7) is 1.80. The predicted octanol–water partition coefficient (Wildman–Crippen LogP) is 1.69. The van der Waals surface area contributed by atoms with Crippen molar-refractivity contribution in [2.45, 2.75) is 6.92 Å². The number of hydrogen-bond acceptors (Lipinski definition) is 5. The largest absolute Gasteiger partial charge is 0.497 e. The van der Waals surface area contributed by atoms with Crippen LogP contribution in [0.4, 0.5) is 5.69 Å². The summed E-state index contributed by atoms with van der Waals surface area (Å²) in [5.41, 5.74) is 1.81. The second kappa shape index (κ2) is 5.20. The molecule has 3 rings (SSSR count). The number of rotatable bonds is 3. The van der Waals surface area contributed by atoms with Gasteiger partial charge in [0.1, 0.15) is 12.1 Å². The normalized spacial score (nSPS) is 10.6. The van der Waals surface area contributed by atoms with E-state index in [4.69, 9.17) is 4.74 Å². The van der Waals surface area contributed by atoms with Crippen LogP contribution in [0, 0.1) is 6.92 Å². The molecule has 2 aromatic heterocycles. The predicted molar refractivity (Wildman–Crippen MR) is 76.5 cm³/mol. The van der Waals surface area contributed by atoms with Crippen LogP contribution in [0.1, 0.15) is 16.1 Å². The molecular formula is C14H13N5O2. The SMILES string of the molecule is COc1ccc(NC(=O)c2cnc3ncnn3c2C)cc1. The van der Waals surface area contributed by atoms with Crippen LogP contribution in [0.25, 0.3) is 5.78 Å². The van der Waals surface area contributed by atoms with Crippen LogP contribution < -0.4 is 10.1 Å². The second-order valence-corrected chi connectivity index (χ2v) is 4.41. The van der Waals surface area contributed by atoms with Gasteiger partial charge in [0.2, 0.25) is 0 Å². The molecule has 21 heavy (non-hydrogen) atoms. The van der Waals surface area contributed by atoms with Crippen molar-refractivity contribution in [2.75, 3.05) is 12.4 Å². The zero-order chi connectivity index (χ0) is 14.8. The fourth-order valence-electron chi connectivity index (χ4n) is 1.99. The highest BCUT2D eigenvalue weighted by Gasteiger charge is 2.13. The van der Waals surface area contributed by atoms with Gasteiger partial charge in [-0.3, -0.25) is 4.79 Å². The molecule has 2 heterocycles. The lowest BCUT2D eigenvalue weighted by atomic mass is 10.2. The Labute approximate surface area is 120 Å². The lowest BCUT2D eigenvalue weighted by Crippen LogP contribution is -2.16. The van der Waals surface area contributed by atoms with Crippen molar-refractivity contribution in [3.05, 3.63) is 48.0 Å². The molecule has 0 radical (unpaired) electrons. The molecule has 1 amide bonds. The molecule has 0 saturated carbocycles. The molecule has 0 saturated heterocycles. The number of nitrogens with one attached hydrogen (secondary N) is 1. The number of carbonyl (C=O) groups is 1. The first-order valence-electron chi connectivity index (χ1n) is 6.30. The highest BCUT2D eigenvalue weighted by Crippen LogP contribution is 2.16. The van der Waals surface area contributed by atoms with Crippen LogP contribution in [-0.2, 0) is 0 Å². The quantitative estimate of drug-likeness (QED) is 0.791. The van der Waals surface area contributed by atoms with Crippen molar-refractivity contribution in [2.24, 2.45) is 0 Å². The van der Waals surface area contributed by atoms with E-state index in [9.17, 15) is 4.79 Å². The average Bonchev–Trinajstić information content (AvgIpc) is 2.98. The van der Waals surface area contributed by atoms with E-state index in [0.717, 1.165) is 5.75 Å². The number of hydrogen-bond donors (Lipinski definition) is 1. The summed E-state index contributed by atoms with van der Waals surface area (Å²) in [7, 11) is 1.59. The topological polar surface area (TPSA) is 81.4 Å². The van der Waals surface area contributed by atoms with Crippen LogP contribution in [0.15, 0.2) is 36.8 Å². The number of ether oxygens (including phenoxy) is 1. The van der Waals surface area contributed by atoms with Crippen molar-refractivity contribution in [3.8, 4) is 5.75 Å². The summed E-state index contributed by atoms with van der Waals surface area (Å²) in [5, 5.41) is 6.85. The number of carbonyl (C=O) groups excluding carboxylic acids is 1. The molecule has 7 nitrogen and oxygen atoms in total. The van der Waals surface area contributed by atoms with Crippen LogP contribution in [0.2, 0.25) is 0 Å². The molecule has 0 fully saturated rings. The fraction of sp³-hybridized carbons (Fsp3) is 0.143. The summed E-state index contributed by atoms with van der Waals surface area (Å²) in [4.78, 5) is 20.4. The van der Waals surface area contributed by atoms with Crippen molar-refractivity contribution in [3.63, 3.8) is 0 Å². The minimum absolute atomic E-state index is 0.248. The highest BCUT2D eigenvalue weighted by molar-refractivity contribution is 6.04. The maximum Gasteiger partial charge on any atom is 0.259 e. The van der Waals surface area contributed by atoms with Gasteiger partial charge in [-0.2, -0.15) is 10.1 Å². The van der Waals surface area contributed by atoms with E-state index >= 15 is 0 Å². The second-order valence-electron chi connectivity index (χ2n) is 4.41. The minimum Gasteiger partial charge on any atom is -0.497 e. The van der Waals surface area contributed by atoms with E-state index in [1.165, 1.54) is 17.0 Å². The van der Waals surface area contributed by atoms with E-state index in [0.29, 0.717) is 22.7 Å². The standard InChI is InChI=1S/C14H13N5O2/c1-9-12(7-15-14-16-8-17-19(9)14)13(20)18-10-3-5-11(21-2)6-4-10/h3-8H,1-2H3,(H,18,20). The van der Waals surface area contributed by atoms with E-state index in [2.05, 4.69) is 20.4 Å². The fourth-order valence-corrected chi connectivity index (χ4v) is 1.99. The lowest BCUT2D eigenvalue weighted by molar-refractivity contribution is 0.102. The molecule has 0 atom stereocenters. The number of benzene rings is 1. The first-order valence-corrected chi connectivity index (χ1v) is 6.30. The Morgan fingerprint density at radius 1 is 1.24 bits per heavy atom. The monoisotopic (exact) mass is 283 g/mol. The zero-order valence-electron chi connectivity index (χ0n) is 11.6. The third-order valence-corrected chi connectivity index (χ3v) is 3.14. The molecule has 7 heteroatoms. The first-order chi connectivity index (χ1) is 10.2. The van der Waals surface area contributed by atoms with Gasteiger partial charge in [0.15, 0.2) is 0 Å². The molecular weight excluding hydrogens is 270 g/mol. The van der Waals surface area contributed by atoms with Crippen LogP contribution in [0.5, 0.6) is 5.75 Å². The zero-order valence-corrected chi connectivity index (χ0v) is 11.6. The van der Waals surface area contributed by atoms with Crippen LogP contribution in [0.3, 0.4) is 0 Å². The highest BCUT2D eigenvalue weighted by atomic mass is 16.5. The van der Waals surface area contributed by atoms with Crippen molar-refractivity contribution in [1.29, 1.82) is 0 Å². The molecule has 3 aromatic rings. The maximum atomic E-state index is 12.3. The summed E-state index contributed by atoms with van der Waals surface area (Å²) >= 11 is 0. The van der Waals surface area contributed by atoms with Crippen molar-refractivity contribution < 1.29 is 9.53 Å². The van der Waals surface area contributed by atoms with Crippen LogP contribution in [-0.4, -0.2) is 32.6 Å². The maximum absolute atomic E-state index is 12.3. The summed E-state index contributed by atoms with van der Waals surface area (Å²) in [5.74, 6) is 0.950. The Hall–Kier alpha value is -2.96.